The average molecular weight is 392 g/mol. The van der Waals surface area contributed by atoms with Gasteiger partial charge in [-0.05, 0) is 50.2 Å². The Labute approximate surface area is 166 Å². The lowest BCUT2D eigenvalue weighted by molar-refractivity contribution is 0.0950. The number of benzene rings is 1. The molecule has 0 unspecified atom stereocenters. The summed E-state index contributed by atoms with van der Waals surface area (Å²) in [5.41, 5.74) is 3.35. The number of nitrogens with zero attached hydrogens (tertiary/aromatic N) is 3. The van der Waals surface area contributed by atoms with Crippen LogP contribution in [0.3, 0.4) is 0 Å². The molecule has 29 heavy (non-hydrogen) atoms. The Bertz CT molecular complexity index is 1140. The normalized spacial score (nSPS) is 11.0. The highest BCUT2D eigenvalue weighted by atomic mass is 16.5. The number of aromatic hydroxyl groups is 1. The van der Waals surface area contributed by atoms with Crippen molar-refractivity contribution in [2.75, 3.05) is 0 Å². The van der Waals surface area contributed by atoms with Crippen LogP contribution in [0.4, 0.5) is 0 Å². The van der Waals surface area contributed by atoms with E-state index in [9.17, 15) is 9.90 Å². The van der Waals surface area contributed by atoms with E-state index < -0.39 is 0 Å². The standard InChI is InChI=1S/C21H20N4O4/c1-13-18(14(2)29-24-13)12-28-17-7-5-15(6-8-17)21(27)22-10-16-11-25-9-3-4-19(26)20(25)23-16/h3-9,11,26H,10,12H2,1-2H3,(H,22,27). The molecule has 0 aliphatic rings. The molecule has 148 valence electrons. The molecule has 0 aliphatic carbocycles. The maximum Gasteiger partial charge on any atom is 0.251 e. The molecule has 0 fully saturated rings. The zero-order valence-electron chi connectivity index (χ0n) is 16.0. The van der Waals surface area contributed by atoms with Crippen molar-refractivity contribution in [3.63, 3.8) is 0 Å². The number of carbonyl (C=O) groups is 1. The first kappa shape index (κ1) is 18.5. The molecule has 0 aliphatic heterocycles. The SMILES string of the molecule is Cc1noc(C)c1COc1ccc(C(=O)NCc2cn3cccc(O)c3n2)cc1. The number of ether oxygens (including phenoxy) is 1. The number of amides is 1. The molecule has 1 aromatic carbocycles. The number of aryl methyl sites for hydroxylation is 2. The van der Waals surface area contributed by atoms with Gasteiger partial charge in [0.1, 0.15) is 18.1 Å². The van der Waals surface area contributed by atoms with Gasteiger partial charge in [-0.3, -0.25) is 4.79 Å². The van der Waals surface area contributed by atoms with Crippen molar-refractivity contribution < 1.29 is 19.2 Å². The van der Waals surface area contributed by atoms with Crippen molar-refractivity contribution in [3.05, 3.63) is 77.1 Å². The van der Waals surface area contributed by atoms with Gasteiger partial charge in [0.05, 0.1) is 23.5 Å². The topological polar surface area (TPSA) is 102 Å². The van der Waals surface area contributed by atoms with Gasteiger partial charge in [0.2, 0.25) is 0 Å². The summed E-state index contributed by atoms with van der Waals surface area (Å²) in [6, 6.07) is 10.2. The number of nitrogens with one attached hydrogen (secondary N) is 1. The first-order valence-electron chi connectivity index (χ1n) is 9.09. The number of imidazole rings is 1. The summed E-state index contributed by atoms with van der Waals surface area (Å²) in [6.07, 6.45) is 3.55. The zero-order valence-corrected chi connectivity index (χ0v) is 16.0. The fourth-order valence-electron chi connectivity index (χ4n) is 2.97. The van der Waals surface area contributed by atoms with Crippen LogP contribution in [0.1, 0.15) is 33.1 Å². The van der Waals surface area contributed by atoms with Crippen molar-refractivity contribution in [2.45, 2.75) is 27.0 Å². The van der Waals surface area contributed by atoms with E-state index in [-0.39, 0.29) is 18.2 Å². The van der Waals surface area contributed by atoms with E-state index in [1.54, 1.807) is 53.2 Å². The molecule has 0 spiro atoms. The van der Waals surface area contributed by atoms with Crippen molar-refractivity contribution in [2.24, 2.45) is 0 Å². The Morgan fingerprint density at radius 3 is 2.72 bits per heavy atom. The minimum atomic E-state index is -0.219. The molecule has 0 saturated carbocycles. The Balaban J connectivity index is 1.35. The second kappa shape index (κ2) is 7.67. The van der Waals surface area contributed by atoms with Crippen LogP contribution in [0.2, 0.25) is 0 Å². The van der Waals surface area contributed by atoms with Gasteiger partial charge >= 0.3 is 0 Å². The summed E-state index contributed by atoms with van der Waals surface area (Å²) in [4.78, 5) is 16.7. The maximum absolute atomic E-state index is 12.4. The van der Waals surface area contributed by atoms with Crippen LogP contribution >= 0.6 is 0 Å². The van der Waals surface area contributed by atoms with E-state index >= 15 is 0 Å². The third-order valence-electron chi connectivity index (χ3n) is 4.62. The third-order valence-corrected chi connectivity index (χ3v) is 4.62. The molecule has 0 radical (unpaired) electrons. The number of rotatable bonds is 6. The first-order chi connectivity index (χ1) is 14.0. The van der Waals surface area contributed by atoms with Gasteiger partial charge in [-0.15, -0.1) is 0 Å². The highest BCUT2D eigenvalue weighted by Crippen LogP contribution is 2.19. The number of hydrogen-bond acceptors (Lipinski definition) is 6. The number of aromatic nitrogens is 3. The first-order valence-corrected chi connectivity index (χ1v) is 9.09. The van der Waals surface area contributed by atoms with E-state index in [0.717, 1.165) is 17.0 Å². The molecule has 8 heteroatoms. The molecule has 3 heterocycles. The van der Waals surface area contributed by atoms with Crippen LogP contribution in [0.5, 0.6) is 11.5 Å². The fraction of sp³-hybridized carbons (Fsp3) is 0.190. The smallest absolute Gasteiger partial charge is 0.251 e. The summed E-state index contributed by atoms with van der Waals surface area (Å²) in [5, 5.41) is 16.5. The van der Waals surface area contributed by atoms with Crippen LogP contribution in [0, 0.1) is 13.8 Å². The van der Waals surface area contributed by atoms with Crippen molar-refractivity contribution in [1.29, 1.82) is 0 Å². The molecule has 2 N–H and O–H groups in total. The van der Waals surface area contributed by atoms with Gasteiger partial charge in [0, 0.05) is 18.0 Å². The lowest BCUT2D eigenvalue weighted by Crippen LogP contribution is -2.22. The average Bonchev–Trinajstić information content (AvgIpc) is 3.29. The number of fused-ring (bicyclic) bond motifs is 1. The Morgan fingerprint density at radius 1 is 1.24 bits per heavy atom. The van der Waals surface area contributed by atoms with Gasteiger partial charge in [-0.1, -0.05) is 5.16 Å². The third kappa shape index (κ3) is 3.91. The summed E-state index contributed by atoms with van der Waals surface area (Å²) >= 11 is 0. The van der Waals surface area contributed by atoms with Crippen LogP contribution in [0.15, 0.2) is 53.3 Å². The summed E-state index contributed by atoms with van der Waals surface area (Å²) in [5.74, 6) is 1.26. The Kier molecular flexibility index (Phi) is 4.90. The van der Waals surface area contributed by atoms with Crippen molar-refractivity contribution >= 4 is 11.6 Å². The van der Waals surface area contributed by atoms with Crippen LogP contribution in [-0.4, -0.2) is 25.6 Å². The van der Waals surface area contributed by atoms with Gasteiger partial charge in [-0.2, -0.15) is 0 Å². The van der Waals surface area contributed by atoms with E-state index in [0.29, 0.717) is 29.3 Å². The van der Waals surface area contributed by atoms with Crippen LogP contribution in [-0.2, 0) is 13.2 Å². The molecule has 8 nitrogen and oxygen atoms in total. The molecule has 0 saturated heterocycles. The summed E-state index contributed by atoms with van der Waals surface area (Å²) in [6.45, 7) is 4.32. The molecule has 1 amide bonds. The van der Waals surface area contributed by atoms with E-state index in [4.69, 9.17) is 9.26 Å². The number of carbonyl (C=O) groups excluding carboxylic acids is 1. The molecule has 4 aromatic rings. The maximum atomic E-state index is 12.4. The molecular weight excluding hydrogens is 372 g/mol. The molecule has 0 atom stereocenters. The molecule has 0 bridgehead atoms. The van der Waals surface area contributed by atoms with Gasteiger partial charge in [0.15, 0.2) is 11.4 Å². The van der Waals surface area contributed by atoms with Crippen LogP contribution in [0.25, 0.3) is 5.65 Å². The van der Waals surface area contributed by atoms with Crippen molar-refractivity contribution in [1.82, 2.24) is 19.9 Å². The minimum Gasteiger partial charge on any atom is -0.504 e. The second-order valence-electron chi connectivity index (χ2n) is 6.65. The quantitative estimate of drug-likeness (QED) is 0.523. The molecular formula is C21H20N4O4. The Hall–Kier alpha value is -3.81. The highest BCUT2D eigenvalue weighted by Gasteiger charge is 2.11. The van der Waals surface area contributed by atoms with Gasteiger partial charge in [-0.25, -0.2) is 4.98 Å². The van der Waals surface area contributed by atoms with E-state index in [2.05, 4.69) is 15.5 Å². The monoisotopic (exact) mass is 392 g/mol. The van der Waals surface area contributed by atoms with E-state index in [1.165, 1.54) is 0 Å². The van der Waals surface area contributed by atoms with Gasteiger partial charge < -0.3 is 24.1 Å². The van der Waals surface area contributed by atoms with Gasteiger partial charge in [0.25, 0.3) is 5.91 Å². The summed E-state index contributed by atoms with van der Waals surface area (Å²) in [7, 11) is 0. The number of pyridine rings is 1. The highest BCUT2D eigenvalue weighted by molar-refractivity contribution is 5.94. The molecule has 4 rings (SSSR count). The summed E-state index contributed by atoms with van der Waals surface area (Å²) < 4.78 is 12.6. The predicted octanol–water partition coefficient (Wildman–Crippen LogP) is 3.15. The minimum absolute atomic E-state index is 0.0947. The zero-order chi connectivity index (χ0) is 20.4. The lowest BCUT2D eigenvalue weighted by Gasteiger charge is -2.07. The van der Waals surface area contributed by atoms with E-state index in [1.807, 2.05) is 13.8 Å². The van der Waals surface area contributed by atoms with Crippen molar-refractivity contribution in [3.8, 4) is 11.5 Å². The van der Waals surface area contributed by atoms with Crippen LogP contribution < -0.4 is 10.1 Å². The number of hydrogen-bond donors (Lipinski definition) is 2. The predicted molar refractivity (Wildman–Crippen MR) is 105 cm³/mol. The lowest BCUT2D eigenvalue weighted by atomic mass is 10.2. The fourth-order valence-corrected chi connectivity index (χ4v) is 2.97. The largest absolute Gasteiger partial charge is 0.504 e. The second-order valence-corrected chi connectivity index (χ2v) is 6.65. The Morgan fingerprint density at radius 2 is 2.03 bits per heavy atom. The molecule has 3 aromatic heterocycles.